The lowest BCUT2D eigenvalue weighted by molar-refractivity contribution is -0.138. The number of carbonyl (C=O) groups excluding carboxylic acids is 2. The zero-order valence-corrected chi connectivity index (χ0v) is 14.7. The van der Waals surface area contributed by atoms with Crippen molar-refractivity contribution >= 4 is 23.4 Å². The highest BCUT2D eigenvalue weighted by molar-refractivity contribution is 6.33. The largest absolute Gasteiger partial charge is 0.451 e. The average Bonchev–Trinajstić information content (AvgIpc) is 2.94. The zero-order valence-electron chi connectivity index (χ0n) is 13.9. The number of amides is 2. The fourth-order valence-electron chi connectivity index (χ4n) is 3.74. The average molecular weight is 359 g/mol. The summed E-state index contributed by atoms with van der Waals surface area (Å²) < 4.78 is 5.78. The third-order valence-electron chi connectivity index (χ3n) is 5.21. The van der Waals surface area contributed by atoms with Gasteiger partial charge in [-0.2, -0.15) is 0 Å². The van der Waals surface area contributed by atoms with Crippen LogP contribution in [0.3, 0.4) is 0 Å². The molecule has 3 fully saturated rings. The fourth-order valence-corrected chi connectivity index (χ4v) is 3.97. The van der Waals surface area contributed by atoms with E-state index < -0.39 is 0 Å². The molecule has 1 aromatic carbocycles. The van der Waals surface area contributed by atoms with Crippen molar-refractivity contribution in [1.29, 1.82) is 0 Å². The van der Waals surface area contributed by atoms with Gasteiger partial charge in [-0.05, 0) is 37.1 Å². The highest BCUT2D eigenvalue weighted by atomic mass is 35.5. The molecule has 0 unspecified atom stereocenters. The SMILES string of the molecule is CN1C(=O)[C@H]2CC[C@@H]1CN(C(=O)c1ccc(-c3ccccc3Cl)o1)C2. The molecule has 0 spiro atoms. The maximum atomic E-state index is 12.9. The van der Waals surface area contributed by atoms with Gasteiger partial charge in [-0.15, -0.1) is 0 Å². The van der Waals surface area contributed by atoms with Crippen LogP contribution in [0.4, 0.5) is 0 Å². The topological polar surface area (TPSA) is 53.8 Å². The molecule has 5 nitrogen and oxygen atoms in total. The first kappa shape index (κ1) is 16.2. The van der Waals surface area contributed by atoms with E-state index in [0.29, 0.717) is 23.9 Å². The first-order valence-electron chi connectivity index (χ1n) is 8.45. The maximum absolute atomic E-state index is 12.9. The normalized spacial score (nSPS) is 23.0. The molecule has 130 valence electrons. The van der Waals surface area contributed by atoms with Crippen LogP contribution in [0.1, 0.15) is 23.4 Å². The Morgan fingerprint density at radius 1 is 1.16 bits per heavy atom. The Labute approximate surface area is 151 Å². The van der Waals surface area contributed by atoms with Gasteiger partial charge in [-0.3, -0.25) is 9.59 Å². The molecule has 25 heavy (non-hydrogen) atoms. The molecule has 0 aliphatic carbocycles. The van der Waals surface area contributed by atoms with E-state index >= 15 is 0 Å². The number of carbonyl (C=O) groups is 2. The van der Waals surface area contributed by atoms with Gasteiger partial charge in [0.1, 0.15) is 5.76 Å². The number of halogens is 1. The van der Waals surface area contributed by atoms with Crippen molar-refractivity contribution < 1.29 is 14.0 Å². The number of benzene rings is 1. The van der Waals surface area contributed by atoms with Gasteiger partial charge in [-0.25, -0.2) is 0 Å². The van der Waals surface area contributed by atoms with Crippen LogP contribution in [0, 0.1) is 5.92 Å². The van der Waals surface area contributed by atoms with Crippen LogP contribution < -0.4 is 0 Å². The molecule has 3 aliphatic rings. The van der Waals surface area contributed by atoms with E-state index in [0.717, 1.165) is 18.4 Å². The third kappa shape index (κ3) is 2.82. The van der Waals surface area contributed by atoms with Crippen LogP contribution in [0.15, 0.2) is 40.8 Å². The van der Waals surface area contributed by atoms with E-state index in [1.165, 1.54) is 0 Å². The summed E-state index contributed by atoms with van der Waals surface area (Å²) >= 11 is 6.20. The van der Waals surface area contributed by atoms with Gasteiger partial charge in [-0.1, -0.05) is 23.7 Å². The van der Waals surface area contributed by atoms with Crippen molar-refractivity contribution in [1.82, 2.24) is 9.80 Å². The van der Waals surface area contributed by atoms with E-state index in [2.05, 4.69) is 0 Å². The van der Waals surface area contributed by atoms with Crippen LogP contribution in [-0.2, 0) is 4.79 Å². The number of hydrogen-bond donors (Lipinski definition) is 0. The van der Waals surface area contributed by atoms with Gasteiger partial charge < -0.3 is 14.2 Å². The summed E-state index contributed by atoms with van der Waals surface area (Å²) in [6.45, 7) is 1.01. The monoisotopic (exact) mass is 358 g/mol. The van der Waals surface area contributed by atoms with Crippen molar-refractivity contribution in [3.63, 3.8) is 0 Å². The van der Waals surface area contributed by atoms with Crippen molar-refractivity contribution in [2.24, 2.45) is 5.92 Å². The standard InChI is InChI=1S/C19H19ClN2O3/c1-21-13-7-6-12(18(21)23)10-22(11-13)19(24)17-9-8-16(25-17)14-4-2-3-5-15(14)20/h2-5,8-9,12-13H,6-7,10-11H2,1H3/t12-,13+/m0/s1. The maximum Gasteiger partial charge on any atom is 0.289 e. The Kier molecular flexibility index (Phi) is 4.04. The number of likely N-dealkylation sites (N-methyl/N-ethyl adjacent to an activating group) is 1. The van der Waals surface area contributed by atoms with Crippen LogP contribution in [0.25, 0.3) is 11.3 Å². The summed E-state index contributed by atoms with van der Waals surface area (Å²) in [5.74, 6) is 0.720. The zero-order chi connectivity index (χ0) is 17.6. The molecule has 6 heteroatoms. The second kappa shape index (κ2) is 6.23. The van der Waals surface area contributed by atoms with E-state index in [4.69, 9.17) is 16.0 Å². The molecule has 5 rings (SSSR count). The van der Waals surface area contributed by atoms with Crippen molar-refractivity contribution in [2.45, 2.75) is 18.9 Å². The minimum Gasteiger partial charge on any atom is -0.451 e. The quantitative estimate of drug-likeness (QED) is 0.827. The van der Waals surface area contributed by atoms with Gasteiger partial charge in [0.15, 0.2) is 5.76 Å². The Morgan fingerprint density at radius 2 is 1.96 bits per heavy atom. The summed E-state index contributed by atoms with van der Waals surface area (Å²) in [6.07, 6.45) is 1.79. The Morgan fingerprint density at radius 3 is 2.76 bits per heavy atom. The van der Waals surface area contributed by atoms with Crippen molar-refractivity contribution in [3.05, 3.63) is 47.2 Å². The number of rotatable bonds is 2. The minimum absolute atomic E-state index is 0.0909. The lowest BCUT2D eigenvalue weighted by atomic mass is 9.95. The fraction of sp³-hybridized carbons (Fsp3) is 0.368. The van der Waals surface area contributed by atoms with Crippen LogP contribution in [0.2, 0.25) is 5.02 Å². The Bertz CT molecular complexity index is 832. The Balaban J connectivity index is 1.58. The highest BCUT2D eigenvalue weighted by Crippen LogP contribution is 2.31. The van der Waals surface area contributed by atoms with Crippen molar-refractivity contribution in [3.8, 4) is 11.3 Å². The van der Waals surface area contributed by atoms with Gasteiger partial charge in [0.05, 0.1) is 10.9 Å². The predicted octanol–water partition coefficient (Wildman–Crippen LogP) is 3.29. The molecular weight excluding hydrogens is 340 g/mol. The predicted molar refractivity (Wildman–Crippen MR) is 94.3 cm³/mol. The number of furan rings is 1. The number of hydrogen-bond acceptors (Lipinski definition) is 3. The first-order valence-corrected chi connectivity index (χ1v) is 8.83. The first-order chi connectivity index (χ1) is 12.0. The summed E-state index contributed by atoms with van der Waals surface area (Å²) in [5.41, 5.74) is 0.758. The second-order valence-electron chi connectivity index (χ2n) is 6.73. The number of nitrogens with zero attached hydrogens (tertiary/aromatic N) is 2. The van der Waals surface area contributed by atoms with E-state index in [1.54, 1.807) is 28.0 Å². The lowest BCUT2D eigenvalue weighted by Gasteiger charge is -2.32. The summed E-state index contributed by atoms with van der Waals surface area (Å²) in [7, 11) is 1.83. The summed E-state index contributed by atoms with van der Waals surface area (Å²) in [5, 5.41) is 0.580. The van der Waals surface area contributed by atoms with Gasteiger partial charge in [0.25, 0.3) is 5.91 Å². The van der Waals surface area contributed by atoms with Gasteiger partial charge in [0.2, 0.25) is 5.91 Å². The number of piperidine rings is 1. The smallest absolute Gasteiger partial charge is 0.289 e. The lowest BCUT2D eigenvalue weighted by Crippen LogP contribution is -2.45. The molecule has 3 aliphatic heterocycles. The molecule has 2 atom stereocenters. The highest BCUT2D eigenvalue weighted by Gasteiger charge is 2.40. The summed E-state index contributed by atoms with van der Waals surface area (Å²) in [6, 6.07) is 10.9. The third-order valence-corrected chi connectivity index (χ3v) is 5.54. The minimum atomic E-state index is -0.168. The molecule has 4 heterocycles. The second-order valence-corrected chi connectivity index (χ2v) is 7.14. The van der Waals surface area contributed by atoms with Crippen LogP contribution >= 0.6 is 11.6 Å². The van der Waals surface area contributed by atoms with Crippen LogP contribution in [0.5, 0.6) is 0 Å². The van der Waals surface area contributed by atoms with Gasteiger partial charge >= 0.3 is 0 Å². The molecule has 2 amide bonds. The van der Waals surface area contributed by atoms with Crippen molar-refractivity contribution in [2.75, 3.05) is 20.1 Å². The van der Waals surface area contributed by atoms with E-state index in [1.807, 2.05) is 25.2 Å². The molecule has 0 saturated carbocycles. The molecule has 0 N–H and O–H groups in total. The molecule has 0 radical (unpaired) electrons. The molecule has 2 bridgehead atoms. The molecule has 2 aromatic rings. The number of fused-ring (bicyclic) bond motifs is 4. The van der Waals surface area contributed by atoms with Gasteiger partial charge in [0, 0.05) is 31.7 Å². The molecular formula is C19H19ClN2O3. The van der Waals surface area contributed by atoms with Crippen LogP contribution in [-0.4, -0.2) is 47.8 Å². The van der Waals surface area contributed by atoms with E-state index in [9.17, 15) is 9.59 Å². The Hall–Kier alpha value is -2.27. The molecule has 3 saturated heterocycles. The summed E-state index contributed by atoms with van der Waals surface area (Å²) in [4.78, 5) is 28.7. The molecule has 1 aromatic heterocycles. The van der Waals surface area contributed by atoms with E-state index in [-0.39, 0.29) is 29.5 Å².